The second kappa shape index (κ2) is 5.48. The van der Waals surface area contributed by atoms with E-state index in [1.165, 1.54) is 12.1 Å². The minimum atomic E-state index is -0.957. The van der Waals surface area contributed by atoms with Gasteiger partial charge in [-0.2, -0.15) is 0 Å². The van der Waals surface area contributed by atoms with E-state index in [-0.39, 0.29) is 10.7 Å². The quantitative estimate of drug-likeness (QED) is 0.925. The van der Waals surface area contributed by atoms with Crippen LogP contribution in [0, 0.1) is 11.7 Å². The molecule has 3 nitrogen and oxygen atoms in total. The number of rotatable bonds is 4. The van der Waals surface area contributed by atoms with Gasteiger partial charge in [0, 0.05) is 5.56 Å². The molecule has 0 fully saturated rings. The summed E-state index contributed by atoms with van der Waals surface area (Å²) in [5.41, 5.74) is 1.34. The van der Waals surface area contributed by atoms with Gasteiger partial charge in [-0.15, -0.1) is 11.3 Å². The van der Waals surface area contributed by atoms with Crippen LogP contribution in [-0.4, -0.2) is 16.1 Å². The van der Waals surface area contributed by atoms with Crippen LogP contribution in [0.2, 0.25) is 0 Å². The van der Waals surface area contributed by atoms with Crippen LogP contribution in [0.5, 0.6) is 0 Å². The fourth-order valence-electron chi connectivity index (χ4n) is 1.76. The van der Waals surface area contributed by atoms with E-state index in [1.807, 2.05) is 13.8 Å². The van der Waals surface area contributed by atoms with E-state index in [0.717, 1.165) is 16.9 Å². The maximum Gasteiger partial charge on any atom is 0.347 e. The first-order chi connectivity index (χ1) is 8.97. The van der Waals surface area contributed by atoms with Crippen LogP contribution in [0.4, 0.5) is 4.39 Å². The standard InChI is InChI=1S/C14H14FNO2S/c1-8(2)7-11-12(14(17)18)19-13(16-11)9-3-5-10(15)6-4-9/h3-6,8H,7H2,1-2H3,(H,17,18). The van der Waals surface area contributed by atoms with Crippen molar-refractivity contribution in [1.82, 2.24) is 4.98 Å². The fraction of sp³-hybridized carbons (Fsp3) is 0.286. The third-order valence-corrected chi connectivity index (χ3v) is 3.72. The second-order valence-electron chi connectivity index (χ2n) is 4.70. The molecule has 0 aliphatic heterocycles. The zero-order chi connectivity index (χ0) is 14.0. The van der Waals surface area contributed by atoms with E-state index in [2.05, 4.69) is 4.98 Å². The SMILES string of the molecule is CC(C)Cc1nc(-c2ccc(F)cc2)sc1C(=O)O. The number of aromatic nitrogens is 1. The average Bonchev–Trinajstić information content (AvgIpc) is 2.73. The number of carboxylic acid groups (broad SMARTS) is 1. The van der Waals surface area contributed by atoms with Crippen LogP contribution in [0.1, 0.15) is 29.2 Å². The number of carboxylic acids is 1. The van der Waals surface area contributed by atoms with E-state index in [9.17, 15) is 14.3 Å². The molecule has 0 saturated heterocycles. The van der Waals surface area contributed by atoms with E-state index in [1.54, 1.807) is 12.1 Å². The summed E-state index contributed by atoms with van der Waals surface area (Å²) in [6.07, 6.45) is 0.624. The van der Waals surface area contributed by atoms with Crippen LogP contribution >= 0.6 is 11.3 Å². The molecule has 0 aliphatic rings. The molecule has 1 aromatic carbocycles. The molecule has 1 heterocycles. The topological polar surface area (TPSA) is 50.2 Å². The zero-order valence-electron chi connectivity index (χ0n) is 10.7. The third-order valence-electron chi connectivity index (χ3n) is 2.58. The molecule has 1 N–H and O–H groups in total. The summed E-state index contributed by atoms with van der Waals surface area (Å²) < 4.78 is 12.9. The van der Waals surface area contributed by atoms with Gasteiger partial charge in [-0.25, -0.2) is 14.2 Å². The number of hydrogen-bond acceptors (Lipinski definition) is 3. The molecule has 0 radical (unpaired) electrons. The van der Waals surface area contributed by atoms with E-state index in [4.69, 9.17) is 0 Å². The molecule has 2 rings (SSSR count). The van der Waals surface area contributed by atoms with Gasteiger partial charge in [0.05, 0.1) is 5.69 Å². The summed E-state index contributed by atoms with van der Waals surface area (Å²) in [5.74, 6) is -0.941. The van der Waals surface area contributed by atoms with Crippen molar-refractivity contribution in [2.75, 3.05) is 0 Å². The second-order valence-corrected chi connectivity index (χ2v) is 5.70. The van der Waals surface area contributed by atoms with Crippen LogP contribution in [0.3, 0.4) is 0 Å². The highest BCUT2D eigenvalue weighted by molar-refractivity contribution is 7.17. The molecule has 0 spiro atoms. The van der Waals surface area contributed by atoms with Gasteiger partial charge in [0.2, 0.25) is 0 Å². The molecule has 0 amide bonds. The molecule has 0 atom stereocenters. The molecule has 19 heavy (non-hydrogen) atoms. The molecule has 0 unspecified atom stereocenters. The first-order valence-corrected chi connectivity index (χ1v) is 6.78. The molecule has 100 valence electrons. The molecule has 1 aromatic heterocycles. The van der Waals surface area contributed by atoms with Crippen LogP contribution < -0.4 is 0 Å². The first-order valence-electron chi connectivity index (χ1n) is 5.96. The summed E-state index contributed by atoms with van der Waals surface area (Å²) in [5, 5.41) is 9.81. The molecular formula is C14H14FNO2S. The number of thiazole rings is 1. The Morgan fingerprint density at radius 2 is 2.00 bits per heavy atom. The highest BCUT2D eigenvalue weighted by Crippen LogP contribution is 2.29. The van der Waals surface area contributed by atoms with Crippen molar-refractivity contribution in [3.8, 4) is 10.6 Å². The van der Waals surface area contributed by atoms with Crippen LogP contribution in [-0.2, 0) is 6.42 Å². The molecule has 0 bridgehead atoms. The maximum atomic E-state index is 12.9. The normalized spacial score (nSPS) is 10.9. The number of nitrogens with zero attached hydrogens (tertiary/aromatic N) is 1. The van der Waals surface area contributed by atoms with Crippen molar-refractivity contribution in [1.29, 1.82) is 0 Å². The lowest BCUT2D eigenvalue weighted by Crippen LogP contribution is -2.02. The number of carbonyl (C=O) groups is 1. The smallest absolute Gasteiger partial charge is 0.347 e. The monoisotopic (exact) mass is 279 g/mol. The summed E-state index contributed by atoms with van der Waals surface area (Å²) in [6.45, 7) is 4.03. The Hall–Kier alpha value is -1.75. The summed E-state index contributed by atoms with van der Waals surface area (Å²) in [7, 11) is 0. The van der Waals surface area contributed by atoms with Crippen molar-refractivity contribution < 1.29 is 14.3 Å². The predicted octanol–water partition coefficient (Wildman–Crippen LogP) is 3.85. The van der Waals surface area contributed by atoms with Crippen molar-refractivity contribution in [2.24, 2.45) is 5.92 Å². The predicted molar refractivity (Wildman–Crippen MR) is 73.0 cm³/mol. The number of benzene rings is 1. The molecule has 0 aliphatic carbocycles. The van der Waals surface area contributed by atoms with Gasteiger partial charge in [0.25, 0.3) is 0 Å². The van der Waals surface area contributed by atoms with Crippen LogP contribution in [0.15, 0.2) is 24.3 Å². The fourth-order valence-corrected chi connectivity index (χ4v) is 2.70. The minimum Gasteiger partial charge on any atom is -0.477 e. The van der Waals surface area contributed by atoms with Gasteiger partial charge in [-0.1, -0.05) is 13.8 Å². The lowest BCUT2D eigenvalue weighted by atomic mass is 10.1. The molecular weight excluding hydrogens is 265 g/mol. The lowest BCUT2D eigenvalue weighted by molar-refractivity contribution is 0.0700. The number of hydrogen-bond donors (Lipinski definition) is 1. The van der Waals surface area contributed by atoms with Gasteiger partial charge < -0.3 is 5.11 Å². The van der Waals surface area contributed by atoms with Crippen LogP contribution in [0.25, 0.3) is 10.6 Å². The van der Waals surface area contributed by atoms with E-state index < -0.39 is 5.97 Å². The summed E-state index contributed by atoms with van der Waals surface area (Å²) in [6, 6.07) is 5.91. The summed E-state index contributed by atoms with van der Waals surface area (Å²) >= 11 is 1.14. The zero-order valence-corrected chi connectivity index (χ0v) is 11.5. The van der Waals surface area contributed by atoms with Crippen molar-refractivity contribution >= 4 is 17.3 Å². The van der Waals surface area contributed by atoms with Gasteiger partial charge in [-0.3, -0.25) is 0 Å². The summed E-state index contributed by atoms with van der Waals surface area (Å²) in [4.78, 5) is 15.9. The van der Waals surface area contributed by atoms with Gasteiger partial charge in [-0.05, 0) is 36.6 Å². The Morgan fingerprint density at radius 3 is 2.53 bits per heavy atom. The molecule has 0 saturated carbocycles. The number of aromatic carboxylic acids is 1. The van der Waals surface area contributed by atoms with E-state index in [0.29, 0.717) is 23.0 Å². The Kier molecular flexibility index (Phi) is 3.95. The van der Waals surface area contributed by atoms with Crippen molar-refractivity contribution in [2.45, 2.75) is 20.3 Å². The van der Waals surface area contributed by atoms with Gasteiger partial charge in [0.15, 0.2) is 0 Å². The highest BCUT2D eigenvalue weighted by Gasteiger charge is 2.18. The Balaban J connectivity index is 2.42. The maximum absolute atomic E-state index is 12.9. The lowest BCUT2D eigenvalue weighted by Gasteiger charge is -2.01. The average molecular weight is 279 g/mol. The van der Waals surface area contributed by atoms with Gasteiger partial charge in [0.1, 0.15) is 15.7 Å². The number of halogens is 1. The Morgan fingerprint density at radius 1 is 1.37 bits per heavy atom. The Bertz CT molecular complexity index is 590. The highest BCUT2D eigenvalue weighted by atomic mass is 32.1. The third kappa shape index (κ3) is 3.17. The van der Waals surface area contributed by atoms with Gasteiger partial charge >= 0.3 is 5.97 Å². The Labute approximate surface area is 114 Å². The largest absolute Gasteiger partial charge is 0.477 e. The van der Waals surface area contributed by atoms with Crippen molar-refractivity contribution in [3.63, 3.8) is 0 Å². The van der Waals surface area contributed by atoms with E-state index >= 15 is 0 Å². The first kappa shape index (κ1) is 13.7. The minimum absolute atomic E-state index is 0.271. The van der Waals surface area contributed by atoms with Crippen molar-refractivity contribution in [3.05, 3.63) is 40.7 Å². The molecule has 5 heteroatoms. The molecule has 2 aromatic rings.